The van der Waals surface area contributed by atoms with Gasteiger partial charge in [-0.05, 0) is 36.8 Å². The molecule has 3 aromatic rings. The van der Waals surface area contributed by atoms with Gasteiger partial charge >= 0.3 is 0 Å². The number of hydrogen-bond donors (Lipinski definition) is 1. The highest BCUT2D eigenvalue weighted by Gasteiger charge is 2.12. The minimum absolute atomic E-state index is 0.0653. The van der Waals surface area contributed by atoms with Crippen LogP contribution in [-0.2, 0) is 0 Å². The summed E-state index contributed by atoms with van der Waals surface area (Å²) < 4.78 is 15.1. The summed E-state index contributed by atoms with van der Waals surface area (Å²) in [4.78, 5) is 8.52. The molecule has 96 valence electrons. The van der Waals surface area contributed by atoms with E-state index in [1.54, 1.807) is 16.8 Å². The highest BCUT2D eigenvalue weighted by Crippen LogP contribution is 2.24. The molecule has 4 nitrogen and oxygen atoms in total. The van der Waals surface area contributed by atoms with Gasteiger partial charge in [-0.15, -0.1) is 0 Å². The van der Waals surface area contributed by atoms with E-state index in [2.05, 4.69) is 9.97 Å². The third-order valence-corrected chi connectivity index (χ3v) is 3.13. The average Bonchev–Trinajstić information content (AvgIpc) is 2.68. The quantitative estimate of drug-likeness (QED) is 0.743. The third kappa shape index (κ3) is 1.92. The zero-order chi connectivity index (χ0) is 13.6. The molecule has 19 heavy (non-hydrogen) atoms. The normalized spacial score (nSPS) is 11.1. The van der Waals surface area contributed by atoms with Gasteiger partial charge in [0.05, 0.1) is 10.7 Å². The van der Waals surface area contributed by atoms with Crippen LogP contribution in [0.3, 0.4) is 0 Å². The number of nitrogen functional groups attached to an aromatic ring is 1. The van der Waals surface area contributed by atoms with Crippen molar-refractivity contribution in [1.82, 2.24) is 14.5 Å². The molecule has 2 heterocycles. The summed E-state index contributed by atoms with van der Waals surface area (Å²) >= 11 is 5.67. The van der Waals surface area contributed by atoms with E-state index in [1.807, 2.05) is 13.0 Å². The first kappa shape index (κ1) is 11.9. The molecule has 0 saturated heterocycles. The molecule has 0 amide bonds. The molecule has 0 aliphatic heterocycles. The minimum atomic E-state index is -0.507. The van der Waals surface area contributed by atoms with Gasteiger partial charge in [-0.3, -0.25) is 4.57 Å². The van der Waals surface area contributed by atoms with Gasteiger partial charge in [0.25, 0.3) is 0 Å². The highest BCUT2D eigenvalue weighted by molar-refractivity contribution is 6.30. The molecule has 6 heteroatoms. The van der Waals surface area contributed by atoms with Gasteiger partial charge in [-0.1, -0.05) is 11.6 Å². The SMILES string of the molecule is Cc1cnc2c(c1)nc(N)n2-c1ccc(Cl)c(F)c1. The van der Waals surface area contributed by atoms with Crippen LogP contribution in [0.15, 0.2) is 30.5 Å². The lowest BCUT2D eigenvalue weighted by atomic mass is 10.3. The molecule has 3 rings (SSSR count). The Morgan fingerprint density at radius 3 is 2.84 bits per heavy atom. The molecule has 2 aromatic heterocycles. The van der Waals surface area contributed by atoms with E-state index in [0.717, 1.165) is 5.56 Å². The number of aryl methyl sites for hydroxylation is 1. The number of halogens is 2. The molecule has 0 aliphatic carbocycles. The van der Waals surface area contributed by atoms with Crippen molar-refractivity contribution in [2.45, 2.75) is 6.92 Å². The fraction of sp³-hybridized carbons (Fsp3) is 0.0769. The second-order valence-electron chi connectivity index (χ2n) is 4.26. The number of benzene rings is 1. The first-order chi connectivity index (χ1) is 9.06. The molecule has 0 aliphatic rings. The molecular weight excluding hydrogens is 267 g/mol. The maximum absolute atomic E-state index is 13.5. The number of hydrogen-bond acceptors (Lipinski definition) is 3. The molecule has 0 fully saturated rings. The maximum Gasteiger partial charge on any atom is 0.207 e. The summed E-state index contributed by atoms with van der Waals surface area (Å²) in [7, 11) is 0. The maximum atomic E-state index is 13.5. The number of nitrogens with two attached hydrogens (primary N) is 1. The molecule has 0 radical (unpaired) electrons. The average molecular weight is 277 g/mol. The van der Waals surface area contributed by atoms with Gasteiger partial charge in [0.2, 0.25) is 5.95 Å². The van der Waals surface area contributed by atoms with E-state index >= 15 is 0 Å². The van der Waals surface area contributed by atoms with Crippen LogP contribution in [0.2, 0.25) is 5.02 Å². The molecule has 1 aromatic carbocycles. The van der Waals surface area contributed by atoms with E-state index < -0.39 is 5.82 Å². The molecule has 0 saturated carbocycles. The Balaban J connectivity index is 2.29. The summed E-state index contributed by atoms with van der Waals surface area (Å²) in [6, 6.07) is 6.33. The second kappa shape index (κ2) is 4.20. The van der Waals surface area contributed by atoms with Gasteiger partial charge < -0.3 is 5.73 Å². The zero-order valence-corrected chi connectivity index (χ0v) is 10.8. The van der Waals surface area contributed by atoms with Crippen molar-refractivity contribution >= 4 is 28.7 Å². The van der Waals surface area contributed by atoms with Crippen molar-refractivity contribution in [2.75, 3.05) is 5.73 Å². The van der Waals surface area contributed by atoms with Gasteiger partial charge in [-0.2, -0.15) is 0 Å². The Morgan fingerprint density at radius 1 is 1.32 bits per heavy atom. The van der Waals surface area contributed by atoms with Crippen LogP contribution >= 0.6 is 11.6 Å². The van der Waals surface area contributed by atoms with Gasteiger partial charge in [0, 0.05) is 6.20 Å². The predicted molar refractivity (Wildman–Crippen MR) is 73.0 cm³/mol. The van der Waals surface area contributed by atoms with Crippen molar-refractivity contribution in [3.63, 3.8) is 0 Å². The van der Waals surface area contributed by atoms with Crippen molar-refractivity contribution in [2.24, 2.45) is 0 Å². The summed E-state index contributed by atoms with van der Waals surface area (Å²) in [6.07, 6.45) is 1.71. The number of anilines is 1. The first-order valence-corrected chi connectivity index (χ1v) is 6.00. The van der Waals surface area contributed by atoms with Crippen molar-refractivity contribution < 1.29 is 4.39 Å². The summed E-state index contributed by atoms with van der Waals surface area (Å²) in [6.45, 7) is 1.92. The van der Waals surface area contributed by atoms with Crippen LogP contribution in [0.1, 0.15) is 5.56 Å². The van der Waals surface area contributed by atoms with Gasteiger partial charge in [-0.25, -0.2) is 14.4 Å². The van der Waals surface area contributed by atoms with Crippen LogP contribution in [0.4, 0.5) is 10.3 Å². The Bertz CT molecular complexity index is 782. The Hall–Kier alpha value is -2.14. The fourth-order valence-corrected chi connectivity index (χ4v) is 2.08. The lowest BCUT2D eigenvalue weighted by molar-refractivity contribution is 0.627. The van der Waals surface area contributed by atoms with Crippen molar-refractivity contribution in [3.8, 4) is 5.69 Å². The predicted octanol–water partition coefficient (Wildman–Crippen LogP) is 3.10. The topological polar surface area (TPSA) is 56.7 Å². The van der Waals surface area contributed by atoms with E-state index in [1.165, 1.54) is 12.1 Å². The first-order valence-electron chi connectivity index (χ1n) is 5.62. The van der Waals surface area contributed by atoms with E-state index in [4.69, 9.17) is 17.3 Å². The Labute approximate surface area is 113 Å². The summed E-state index contributed by atoms with van der Waals surface area (Å²) in [5, 5.41) is 0.0653. The molecule has 0 spiro atoms. The van der Waals surface area contributed by atoms with Crippen molar-refractivity contribution in [1.29, 1.82) is 0 Å². The number of nitrogens with zero attached hydrogens (tertiary/aromatic N) is 3. The van der Waals surface area contributed by atoms with Crippen LogP contribution in [0.5, 0.6) is 0 Å². The Kier molecular flexibility index (Phi) is 2.64. The highest BCUT2D eigenvalue weighted by atomic mass is 35.5. The van der Waals surface area contributed by atoms with E-state index in [0.29, 0.717) is 16.9 Å². The Morgan fingerprint density at radius 2 is 2.11 bits per heavy atom. The lowest BCUT2D eigenvalue weighted by Gasteiger charge is -2.06. The number of imidazole rings is 1. The van der Waals surface area contributed by atoms with Gasteiger partial charge in [0.1, 0.15) is 11.3 Å². The smallest absolute Gasteiger partial charge is 0.207 e. The van der Waals surface area contributed by atoms with Crippen LogP contribution < -0.4 is 5.73 Å². The molecule has 0 unspecified atom stereocenters. The van der Waals surface area contributed by atoms with E-state index in [9.17, 15) is 4.39 Å². The number of pyridine rings is 1. The lowest BCUT2D eigenvalue weighted by Crippen LogP contribution is -2.02. The largest absolute Gasteiger partial charge is 0.369 e. The van der Waals surface area contributed by atoms with Crippen molar-refractivity contribution in [3.05, 3.63) is 46.9 Å². The van der Waals surface area contributed by atoms with E-state index in [-0.39, 0.29) is 11.0 Å². The number of rotatable bonds is 1. The standard InChI is InChI=1S/C13H10ClFN4/c1-7-4-11-12(17-6-7)19(13(16)18-11)8-2-3-9(14)10(15)5-8/h2-6H,1H3,(H2,16,18). The van der Waals surface area contributed by atoms with Crippen LogP contribution in [0.25, 0.3) is 16.9 Å². The molecule has 2 N–H and O–H groups in total. The van der Waals surface area contributed by atoms with Gasteiger partial charge in [0.15, 0.2) is 5.65 Å². The number of fused-ring (bicyclic) bond motifs is 1. The zero-order valence-electron chi connectivity index (χ0n) is 10.1. The fourth-order valence-electron chi connectivity index (χ4n) is 1.96. The van der Waals surface area contributed by atoms with Crippen LogP contribution in [-0.4, -0.2) is 14.5 Å². The second-order valence-corrected chi connectivity index (χ2v) is 4.67. The minimum Gasteiger partial charge on any atom is -0.369 e. The van der Waals surface area contributed by atoms with Crippen LogP contribution in [0, 0.1) is 12.7 Å². The third-order valence-electron chi connectivity index (χ3n) is 2.82. The molecular formula is C13H10ClFN4. The monoisotopic (exact) mass is 276 g/mol. The molecule has 0 bridgehead atoms. The summed E-state index contributed by atoms with van der Waals surface area (Å²) in [5.41, 5.74) is 8.67. The summed E-state index contributed by atoms with van der Waals surface area (Å²) in [5.74, 6) is -0.248. The molecule has 0 atom stereocenters. The number of aromatic nitrogens is 3.